The number of unbranched alkanes of at least 4 members (excludes halogenated alkanes) is 1. The fraction of sp³-hybridized carbons (Fsp3) is 1.00. The zero-order valence-corrected chi connectivity index (χ0v) is 16.2. The van der Waals surface area contributed by atoms with Crippen molar-refractivity contribution in [1.29, 1.82) is 0 Å². The van der Waals surface area contributed by atoms with Crippen LogP contribution < -0.4 is 0 Å². The zero-order chi connectivity index (χ0) is 18.6. The molecule has 0 aliphatic carbocycles. The van der Waals surface area contributed by atoms with Crippen LogP contribution in [0.2, 0.25) is 0 Å². The van der Waals surface area contributed by atoms with Gasteiger partial charge in [-0.2, -0.15) is 0 Å². The summed E-state index contributed by atoms with van der Waals surface area (Å²) < 4.78 is 45.8. The second-order valence-electron chi connectivity index (χ2n) is 7.65. The molecule has 4 heterocycles. The lowest BCUT2D eigenvalue weighted by molar-refractivity contribution is -0.317. The highest BCUT2D eigenvalue weighted by Gasteiger charge is 2.47. The van der Waals surface area contributed by atoms with Gasteiger partial charge in [0.05, 0.1) is 39.1 Å². The normalized spacial score (nSPS) is 39.9. The Bertz CT molecular complexity index is 461. The number of hydrogen-bond acceptors (Lipinski definition) is 8. The Labute approximate surface area is 160 Å². The first-order valence-electron chi connectivity index (χ1n) is 10.3. The molecule has 27 heavy (non-hydrogen) atoms. The minimum atomic E-state index is -0.801. The molecule has 0 N–H and O–H groups in total. The molecular formula is C19H32O8. The first-order valence-corrected chi connectivity index (χ1v) is 10.3. The molecule has 8 nitrogen and oxygen atoms in total. The van der Waals surface area contributed by atoms with E-state index in [0.717, 1.165) is 38.5 Å². The van der Waals surface area contributed by atoms with E-state index >= 15 is 0 Å². The van der Waals surface area contributed by atoms with Gasteiger partial charge in [0, 0.05) is 26.1 Å². The van der Waals surface area contributed by atoms with Crippen molar-refractivity contribution in [2.24, 2.45) is 0 Å². The maximum atomic E-state index is 5.93. The van der Waals surface area contributed by atoms with Crippen molar-refractivity contribution in [3.05, 3.63) is 0 Å². The van der Waals surface area contributed by atoms with Gasteiger partial charge in [0.15, 0.2) is 0 Å². The molecular weight excluding hydrogens is 356 g/mol. The highest BCUT2D eigenvalue weighted by molar-refractivity contribution is 4.79. The summed E-state index contributed by atoms with van der Waals surface area (Å²) in [4.78, 5) is 0. The maximum Gasteiger partial charge on any atom is 0.283 e. The zero-order valence-electron chi connectivity index (χ0n) is 16.2. The lowest BCUT2D eigenvalue weighted by Crippen LogP contribution is -2.33. The third-order valence-electron chi connectivity index (χ3n) is 5.42. The molecule has 0 saturated carbocycles. The van der Waals surface area contributed by atoms with Crippen LogP contribution in [0.3, 0.4) is 0 Å². The monoisotopic (exact) mass is 388 g/mol. The van der Waals surface area contributed by atoms with E-state index in [1.54, 1.807) is 0 Å². The molecule has 2 spiro atoms. The molecule has 4 fully saturated rings. The van der Waals surface area contributed by atoms with Gasteiger partial charge in [0.25, 0.3) is 11.9 Å². The molecule has 0 aromatic carbocycles. The van der Waals surface area contributed by atoms with Gasteiger partial charge in [-0.25, -0.2) is 0 Å². The molecule has 5 unspecified atom stereocenters. The summed E-state index contributed by atoms with van der Waals surface area (Å²) in [6.07, 6.45) is 5.34. The van der Waals surface area contributed by atoms with Crippen LogP contribution in [0.4, 0.5) is 0 Å². The summed E-state index contributed by atoms with van der Waals surface area (Å²) in [5, 5.41) is 0. The van der Waals surface area contributed by atoms with E-state index in [1.165, 1.54) is 0 Å². The van der Waals surface area contributed by atoms with Crippen LogP contribution in [0.15, 0.2) is 0 Å². The van der Waals surface area contributed by atoms with Crippen LogP contribution in [-0.4, -0.2) is 76.5 Å². The number of hydrogen-bond donors (Lipinski definition) is 0. The molecule has 156 valence electrons. The van der Waals surface area contributed by atoms with Crippen molar-refractivity contribution in [2.45, 2.75) is 75.7 Å². The molecule has 5 atom stereocenters. The molecule has 0 amide bonds. The van der Waals surface area contributed by atoms with E-state index in [1.807, 2.05) is 6.92 Å². The molecule has 0 radical (unpaired) electrons. The average molecular weight is 388 g/mol. The minimum Gasteiger partial charge on any atom is -0.379 e. The lowest BCUT2D eigenvalue weighted by atomic mass is 10.2. The van der Waals surface area contributed by atoms with Gasteiger partial charge >= 0.3 is 0 Å². The van der Waals surface area contributed by atoms with Gasteiger partial charge < -0.3 is 37.9 Å². The Morgan fingerprint density at radius 3 is 2.33 bits per heavy atom. The maximum absolute atomic E-state index is 5.93. The first kappa shape index (κ1) is 20.0. The summed E-state index contributed by atoms with van der Waals surface area (Å²) in [6.45, 7) is 6.40. The van der Waals surface area contributed by atoms with Crippen LogP contribution in [-0.2, 0) is 37.9 Å². The highest BCUT2D eigenvalue weighted by Crippen LogP contribution is 2.36. The largest absolute Gasteiger partial charge is 0.379 e. The van der Waals surface area contributed by atoms with Gasteiger partial charge in [0.1, 0.15) is 12.2 Å². The van der Waals surface area contributed by atoms with Crippen LogP contribution in [0, 0.1) is 0 Å². The van der Waals surface area contributed by atoms with Crippen LogP contribution >= 0.6 is 0 Å². The van der Waals surface area contributed by atoms with Gasteiger partial charge in [-0.3, -0.25) is 0 Å². The Morgan fingerprint density at radius 2 is 1.59 bits per heavy atom. The van der Waals surface area contributed by atoms with E-state index in [9.17, 15) is 0 Å². The Kier molecular flexibility index (Phi) is 6.66. The second kappa shape index (κ2) is 9.00. The van der Waals surface area contributed by atoms with E-state index < -0.39 is 11.9 Å². The lowest BCUT2D eigenvalue weighted by Gasteiger charge is -2.23. The highest BCUT2D eigenvalue weighted by atomic mass is 16.9. The average Bonchev–Trinajstić information content (AvgIpc) is 3.46. The standard InChI is InChI=1S/C19H32O8/c1-15(17-14-25-19(27-17)7-5-11-23-19)21-9-3-2-8-20-12-16-13-24-18(26-16)6-4-10-22-18/h15-17H,2-14H2,1H3. The van der Waals surface area contributed by atoms with Gasteiger partial charge in [0.2, 0.25) is 0 Å². The SMILES string of the molecule is CC(OCCCCOCC1COC2(CCCO2)O1)C1COC2(CCCO2)O1. The van der Waals surface area contributed by atoms with Crippen molar-refractivity contribution in [3.8, 4) is 0 Å². The summed E-state index contributed by atoms with van der Waals surface area (Å²) in [6, 6.07) is 0. The fourth-order valence-electron chi connectivity index (χ4n) is 3.85. The predicted molar refractivity (Wildman–Crippen MR) is 93.0 cm³/mol. The fourth-order valence-corrected chi connectivity index (χ4v) is 3.85. The van der Waals surface area contributed by atoms with Crippen molar-refractivity contribution in [1.82, 2.24) is 0 Å². The summed E-state index contributed by atoms with van der Waals surface area (Å²) in [5.74, 6) is -1.59. The van der Waals surface area contributed by atoms with E-state index in [4.69, 9.17) is 37.9 Å². The second-order valence-corrected chi connectivity index (χ2v) is 7.65. The minimum absolute atomic E-state index is 0.0128. The summed E-state index contributed by atoms with van der Waals surface area (Å²) in [7, 11) is 0. The molecule has 4 rings (SSSR count). The molecule has 4 aliphatic rings. The third kappa shape index (κ3) is 5.00. The Balaban J connectivity index is 1.01. The summed E-state index contributed by atoms with van der Waals surface area (Å²) in [5.41, 5.74) is 0. The molecule has 0 aromatic heterocycles. The van der Waals surface area contributed by atoms with Crippen molar-refractivity contribution >= 4 is 0 Å². The predicted octanol–water partition coefficient (Wildman–Crippen LogP) is 1.95. The first-order chi connectivity index (χ1) is 13.2. The Morgan fingerprint density at radius 1 is 0.889 bits per heavy atom. The van der Waals surface area contributed by atoms with E-state index in [0.29, 0.717) is 46.2 Å². The third-order valence-corrected chi connectivity index (χ3v) is 5.42. The van der Waals surface area contributed by atoms with Crippen molar-refractivity contribution < 1.29 is 37.9 Å². The molecule has 4 aliphatic heterocycles. The topological polar surface area (TPSA) is 73.8 Å². The van der Waals surface area contributed by atoms with E-state index in [-0.39, 0.29) is 18.3 Å². The van der Waals surface area contributed by atoms with Crippen LogP contribution in [0.1, 0.15) is 45.4 Å². The van der Waals surface area contributed by atoms with Crippen LogP contribution in [0.5, 0.6) is 0 Å². The van der Waals surface area contributed by atoms with Gasteiger partial charge in [-0.05, 0) is 32.6 Å². The molecule has 8 heteroatoms. The molecule has 4 saturated heterocycles. The van der Waals surface area contributed by atoms with Gasteiger partial charge in [-0.15, -0.1) is 0 Å². The van der Waals surface area contributed by atoms with Crippen molar-refractivity contribution in [3.63, 3.8) is 0 Å². The number of ether oxygens (including phenoxy) is 8. The van der Waals surface area contributed by atoms with E-state index in [2.05, 4.69) is 0 Å². The van der Waals surface area contributed by atoms with Gasteiger partial charge in [-0.1, -0.05) is 0 Å². The Hall–Kier alpha value is -0.320. The molecule has 0 aromatic rings. The van der Waals surface area contributed by atoms with Crippen LogP contribution in [0.25, 0.3) is 0 Å². The summed E-state index contributed by atoms with van der Waals surface area (Å²) >= 11 is 0. The smallest absolute Gasteiger partial charge is 0.283 e. The van der Waals surface area contributed by atoms with Crippen molar-refractivity contribution in [2.75, 3.05) is 46.2 Å². The quantitative estimate of drug-likeness (QED) is 0.555. The molecule has 0 bridgehead atoms. The number of rotatable bonds is 9.